The number of aryl methyl sites for hydroxylation is 1. The van der Waals surface area contributed by atoms with Gasteiger partial charge in [0, 0.05) is 12.6 Å². The van der Waals surface area contributed by atoms with E-state index in [0.29, 0.717) is 25.1 Å². The van der Waals surface area contributed by atoms with Crippen LogP contribution in [-0.4, -0.2) is 41.9 Å². The maximum absolute atomic E-state index is 13.1. The SMILES string of the molecule is CC[C@H](C(=O)NC(C)C)N(CCc1ccccc1)C(=O)COc1cccc(C)c1C. The first kappa shape index (κ1) is 23.5. The second kappa shape index (κ2) is 11.4. The summed E-state index contributed by atoms with van der Waals surface area (Å²) in [7, 11) is 0. The highest BCUT2D eigenvalue weighted by Gasteiger charge is 2.29. The molecule has 2 amide bonds. The first-order chi connectivity index (χ1) is 14.3. The molecule has 0 spiro atoms. The van der Waals surface area contributed by atoms with Crippen molar-refractivity contribution in [1.29, 1.82) is 0 Å². The maximum Gasteiger partial charge on any atom is 0.261 e. The predicted molar refractivity (Wildman–Crippen MR) is 121 cm³/mol. The van der Waals surface area contributed by atoms with Gasteiger partial charge in [-0.2, -0.15) is 0 Å². The standard InChI is InChI=1S/C25H34N2O3/c1-6-22(25(29)26-18(2)3)27(16-15-21-12-8-7-9-13-21)24(28)17-30-23-14-10-11-19(4)20(23)5/h7-14,18,22H,6,15-17H2,1-5H3,(H,26,29)/t22-/m1/s1. The van der Waals surface area contributed by atoms with Crippen LogP contribution in [0.3, 0.4) is 0 Å². The second-order valence-corrected chi connectivity index (χ2v) is 7.90. The first-order valence-electron chi connectivity index (χ1n) is 10.7. The van der Waals surface area contributed by atoms with Gasteiger partial charge < -0.3 is 15.0 Å². The van der Waals surface area contributed by atoms with Crippen LogP contribution in [0.4, 0.5) is 0 Å². The van der Waals surface area contributed by atoms with E-state index >= 15 is 0 Å². The molecule has 0 radical (unpaired) electrons. The summed E-state index contributed by atoms with van der Waals surface area (Å²) in [6, 6.07) is 15.3. The summed E-state index contributed by atoms with van der Waals surface area (Å²) in [4.78, 5) is 27.6. The van der Waals surface area contributed by atoms with E-state index < -0.39 is 6.04 Å². The number of carbonyl (C=O) groups excluding carboxylic acids is 2. The van der Waals surface area contributed by atoms with Gasteiger partial charge in [0.05, 0.1) is 0 Å². The van der Waals surface area contributed by atoms with Crippen molar-refractivity contribution in [3.05, 3.63) is 65.2 Å². The average Bonchev–Trinajstić information content (AvgIpc) is 2.72. The number of ether oxygens (including phenoxy) is 1. The molecule has 0 aliphatic rings. The number of benzene rings is 2. The number of hydrogen-bond acceptors (Lipinski definition) is 3. The number of nitrogens with zero attached hydrogens (tertiary/aromatic N) is 1. The fraction of sp³-hybridized carbons (Fsp3) is 0.440. The molecule has 0 saturated heterocycles. The lowest BCUT2D eigenvalue weighted by Crippen LogP contribution is -2.52. The van der Waals surface area contributed by atoms with Crippen LogP contribution in [0.5, 0.6) is 5.75 Å². The van der Waals surface area contributed by atoms with Crippen molar-refractivity contribution in [2.24, 2.45) is 0 Å². The Labute approximate surface area is 180 Å². The molecule has 2 aromatic rings. The molecule has 2 rings (SSSR count). The molecular formula is C25H34N2O3. The van der Waals surface area contributed by atoms with Crippen molar-refractivity contribution < 1.29 is 14.3 Å². The summed E-state index contributed by atoms with van der Waals surface area (Å²) in [5, 5.41) is 2.94. The Morgan fingerprint density at radius 3 is 2.37 bits per heavy atom. The molecule has 30 heavy (non-hydrogen) atoms. The molecule has 0 heterocycles. The third-order valence-corrected chi connectivity index (χ3v) is 5.21. The fourth-order valence-electron chi connectivity index (χ4n) is 3.38. The summed E-state index contributed by atoms with van der Waals surface area (Å²) < 4.78 is 5.85. The van der Waals surface area contributed by atoms with Crippen LogP contribution >= 0.6 is 0 Å². The Morgan fingerprint density at radius 2 is 1.73 bits per heavy atom. The Balaban J connectivity index is 2.16. The smallest absolute Gasteiger partial charge is 0.261 e. The zero-order valence-corrected chi connectivity index (χ0v) is 18.8. The first-order valence-corrected chi connectivity index (χ1v) is 10.7. The summed E-state index contributed by atoms with van der Waals surface area (Å²) >= 11 is 0. The van der Waals surface area contributed by atoms with E-state index in [4.69, 9.17) is 4.74 Å². The minimum absolute atomic E-state index is 0.0174. The van der Waals surface area contributed by atoms with E-state index in [1.807, 2.05) is 83.1 Å². The fourth-order valence-corrected chi connectivity index (χ4v) is 3.38. The van der Waals surface area contributed by atoms with Gasteiger partial charge in [-0.05, 0) is 63.3 Å². The van der Waals surface area contributed by atoms with Gasteiger partial charge in [-0.15, -0.1) is 0 Å². The van der Waals surface area contributed by atoms with Crippen molar-refractivity contribution in [1.82, 2.24) is 10.2 Å². The van der Waals surface area contributed by atoms with Crippen molar-refractivity contribution in [3.63, 3.8) is 0 Å². The summed E-state index contributed by atoms with van der Waals surface area (Å²) in [6.07, 6.45) is 1.23. The van der Waals surface area contributed by atoms with Crippen LogP contribution < -0.4 is 10.1 Å². The lowest BCUT2D eigenvalue weighted by Gasteiger charge is -2.31. The van der Waals surface area contributed by atoms with Gasteiger partial charge in [0.25, 0.3) is 5.91 Å². The molecule has 0 aromatic heterocycles. The molecule has 1 N–H and O–H groups in total. The lowest BCUT2D eigenvalue weighted by atomic mass is 10.1. The number of amides is 2. The van der Waals surface area contributed by atoms with Gasteiger partial charge in [0.1, 0.15) is 11.8 Å². The molecule has 5 nitrogen and oxygen atoms in total. The topological polar surface area (TPSA) is 58.6 Å². The molecule has 5 heteroatoms. The minimum atomic E-state index is -0.522. The Hall–Kier alpha value is -2.82. The lowest BCUT2D eigenvalue weighted by molar-refractivity contribution is -0.142. The van der Waals surface area contributed by atoms with E-state index in [1.54, 1.807) is 4.90 Å². The van der Waals surface area contributed by atoms with Crippen LogP contribution in [-0.2, 0) is 16.0 Å². The van der Waals surface area contributed by atoms with Crippen LogP contribution in [0.15, 0.2) is 48.5 Å². The number of carbonyl (C=O) groups is 2. The van der Waals surface area contributed by atoms with Crippen LogP contribution in [0.1, 0.15) is 43.9 Å². The van der Waals surface area contributed by atoms with Gasteiger partial charge in [0.2, 0.25) is 5.91 Å². The summed E-state index contributed by atoms with van der Waals surface area (Å²) in [6.45, 7) is 10.1. The summed E-state index contributed by atoms with van der Waals surface area (Å²) in [5.74, 6) is 0.393. The highest BCUT2D eigenvalue weighted by atomic mass is 16.5. The Morgan fingerprint density at radius 1 is 1.03 bits per heavy atom. The van der Waals surface area contributed by atoms with Gasteiger partial charge in [-0.1, -0.05) is 49.4 Å². The monoisotopic (exact) mass is 410 g/mol. The van der Waals surface area contributed by atoms with Crippen LogP contribution in [0.2, 0.25) is 0 Å². The molecule has 0 unspecified atom stereocenters. The van der Waals surface area contributed by atoms with Gasteiger partial charge >= 0.3 is 0 Å². The third kappa shape index (κ3) is 6.61. The van der Waals surface area contributed by atoms with Crippen LogP contribution in [0, 0.1) is 13.8 Å². The average molecular weight is 411 g/mol. The molecule has 2 aromatic carbocycles. The quantitative estimate of drug-likeness (QED) is 0.643. The molecule has 0 aliphatic carbocycles. The van der Waals surface area contributed by atoms with Gasteiger partial charge in [-0.3, -0.25) is 9.59 Å². The van der Waals surface area contributed by atoms with Crippen molar-refractivity contribution >= 4 is 11.8 Å². The number of hydrogen-bond donors (Lipinski definition) is 1. The van der Waals surface area contributed by atoms with E-state index in [9.17, 15) is 9.59 Å². The zero-order valence-electron chi connectivity index (χ0n) is 18.8. The van der Waals surface area contributed by atoms with E-state index in [-0.39, 0.29) is 24.5 Å². The molecule has 162 valence electrons. The van der Waals surface area contributed by atoms with E-state index in [0.717, 1.165) is 16.7 Å². The van der Waals surface area contributed by atoms with E-state index in [1.165, 1.54) is 0 Å². The normalized spacial score (nSPS) is 11.8. The highest BCUT2D eigenvalue weighted by Crippen LogP contribution is 2.21. The van der Waals surface area contributed by atoms with Gasteiger partial charge in [0.15, 0.2) is 6.61 Å². The molecule has 0 saturated carbocycles. The Bertz CT molecular complexity index is 834. The third-order valence-electron chi connectivity index (χ3n) is 5.21. The molecule has 0 aliphatic heterocycles. The molecule has 0 fully saturated rings. The number of nitrogens with one attached hydrogen (secondary N) is 1. The molecule has 0 bridgehead atoms. The highest BCUT2D eigenvalue weighted by molar-refractivity contribution is 5.88. The maximum atomic E-state index is 13.1. The predicted octanol–water partition coefficient (Wildman–Crippen LogP) is 4.06. The zero-order chi connectivity index (χ0) is 22.1. The largest absolute Gasteiger partial charge is 0.483 e. The summed E-state index contributed by atoms with van der Waals surface area (Å²) in [5.41, 5.74) is 3.26. The molecule has 1 atom stereocenters. The number of rotatable bonds is 10. The van der Waals surface area contributed by atoms with Gasteiger partial charge in [-0.25, -0.2) is 0 Å². The molecular weight excluding hydrogens is 376 g/mol. The van der Waals surface area contributed by atoms with Crippen molar-refractivity contribution in [3.8, 4) is 5.75 Å². The van der Waals surface area contributed by atoms with Crippen LogP contribution in [0.25, 0.3) is 0 Å². The minimum Gasteiger partial charge on any atom is -0.483 e. The second-order valence-electron chi connectivity index (χ2n) is 7.90. The van der Waals surface area contributed by atoms with Crippen molar-refractivity contribution in [2.45, 2.75) is 59.5 Å². The van der Waals surface area contributed by atoms with E-state index in [2.05, 4.69) is 5.32 Å². The van der Waals surface area contributed by atoms with Crippen molar-refractivity contribution in [2.75, 3.05) is 13.2 Å². The Kier molecular flexibility index (Phi) is 8.90.